The molecule has 2 aromatic rings. The van der Waals surface area contributed by atoms with Crippen molar-refractivity contribution in [1.29, 1.82) is 0 Å². The first-order chi connectivity index (χ1) is 15.3. The van der Waals surface area contributed by atoms with Gasteiger partial charge >= 0.3 is 0 Å². The van der Waals surface area contributed by atoms with Crippen molar-refractivity contribution in [3.8, 4) is 5.75 Å². The quantitative estimate of drug-likeness (QED) is 0.406. The molecule has 2 aliphatic rings. The molecule has 2 heterocycles. The number of ether oxygens (including phenoxy) is 2. The fourth-order valence-corrected chi connectivity index (χ4v) is 4.87. The topological polar surface area (TPSA) is 76.1 Å². The van der Waals surface area contributed by atoms with Crippen LogP contribution >= 0.6 is 11.6 Å². The van der Waals surface area contributed by atoms with E-state index in [0.29, 0.717) is 11.6 Å². The second-order valence-corrected chi connectivity index (χ2v) is 8.74. The fourth-order valence-electron chi connectivity index (χ4n) is 4.52. The van der Waals surface area contributed by atoms with Crippen molar-refractivity contribution < 1.29 is 24.2 Å². The highest BCUT2D eigenvalue weighted by molar-refractivity contribution is 6.46. The van der Waals surface area contributed by atoms with Crippen LogP contribution in [-0.4, -0.2) is 48.1 Å². The molecule has 2 atom stereocenters. The number of carbonyl (C=O) groups excluding carboxylic acids is 2. The van der Waals surface area contributed by atoms with E-state index in [9.17, 15) is 14.7 Å². The monoisotopic (exact) mass is 455 g/mol. The van der Waals surface area contributed by atoms with Gasteiger partial charge in [-0.1, -0.05) is 41.4 Å². The number of hydrogen-bond donors (Lipinski definition) is 1. The van der Waals surface area contributed by atoms with Gasteiger partial charge in [-0.15, -0.1) is 0 Å². The van der Waals surface area contributed by atoms with Gasteiger partial charge in [0.1, 0.15) is 11.5 Å². The van der Waals surface area contributed by atoms with Crippen LogP contribution in [-0.2, 0) is 14.3 Å². The predicted molar refractivity (Wildman–Crippen MR) is 122 cm³/mol. The molecule has 2 aromatic carbocycles. The van der Waals surface area contributed by atoms with E-state index in [1.165, 1.54) is 12.0 Å². The highest BCUT2D eigenvalue weighted by Crippen LogP contribution is 2.43. The number of rotatable bonds is 5. The maximum atomic E-state index is 13.2. The standard InChI is InChI=1S/C25H26ClNO5/c1-14-6-4-7-16(10-14)21-20(22(28)18-11-15(2)12-19(26)24(18)31-3)23(29)25(30)27(21)13-17-8-5-9-32-17/h4,6-7,10-12,17,21,28H,5,8-9,13H2,1-3H3/b22-20+. The van der Waals surface area contributed by atoms with Crippen LogP contribution in [0.3, 0.4) is 0 Å². The molecule has 1 N–H and O–H groups in total. The van der Waals surface area contributed by atoms with Gasteiger partial charge in [0.2, 0.25) is 0 Å². The molecule has 0 aromatic heterocycles. The number of aliphatic hydroxyl groups is 1. The summed E-state index contributed by atoms with van der Waals surface area (Å²) < 4.78 is 11.1. The summed E-state index contributed by atoms with van der Waals surface area (Å²) in [5.74, 6) is -1.42. The summed E-state index contributed by atoms with van der Waals surface area (Å²) in [7, 11) is 1.45. The average molecular weight is 456 g/mol. The molecule has 2 fully saturated rings. The van der Waals surface area contributed by atoms with Crippen LogP contribution in [0.2, 0.25) is 5.02 Å². The van der Waals surface area contributed by atoms with Crippen molar-refractivity contribution in [2.75, 3.05) is 20.3 Å². The third kappa shape index (κ3) is 4.00. The molecule has 0 aliphatic carbocycles. The van der Waals surface area contributed by atoms with E-state index in [4.69, 9.17) is 21.1 Å². The van der Waals surface area contributed by atoms with E-state index in [2.05, 4.69) is 0 Å². The van der Waals surface area contributed by atoms with E-state index in [1.807, 2.05) is 38.1 Å². The Morgan fingerprint density at radius 1 is 1.22 bits per heavy atom. The normalized spacial score (nSPS) is 22.6. The number of methoxy groups -OCH3 is 1. The lowest BCUT2D eigenvalue weighted by Crippen LogP contribution is -2.36. The van der Waals surface area contributed by atoms with Crippen LogP contribution in [0.15, 0.2) is 42.0 Å². The van der Waals surface area contributed by atoms with E-state index in [1.54, 1.807) is 12.1 Å². The number of amides is 1. The van der Waals surface area contributed by atoms with Crippen LogP contribution in [0, 0.1) is 13.8 Å². The Balaban J connectivity index is 1.90. The highest BCUT2D eigenvalue weighted by Gasteiger charge is 2.47. The molecular formula is C25H26ClNO5. The number of nitrogens with zero attached hydrogens (tertiary/aromatic N) is 1. The Labute approximate surface area is 192 Å². The molecule has 6 nitrogen and oxygen atoms in total. The molecule has 7 heteroatoms. The first-order valence-corrected chi connectivity index (χ1v) is 11.0. The van der Waals surface area contributed by atoms with Gasteiger partial charge in [-0.05, 0) is 49.9 Å². The number of aryl methyl sites for hydroxylation is 2. The molecule has 1 amide bonds. The van der Waals surface area contributed by atoms with Crippen molar-refractivity contribution >= 4 is 29.1 Å². The second-order valence-electron chi connectivity index (χ2n) is 8.33. The smallest absolute Gasteiger partial charge is 0.295 e. The zero-order valence-electron chi connectivity index (χ0n) is 18.4. The van der Waals surface area contributed by atoms with Gasteiger partial charge in [0.15, 0.2) is 0 Å². The van der Waals surface area contributed by atoms with Crippen molar-refractivity contribution in [2.45, 2.75) is 38.8 Å². The number of likely N-dealkylation sites (tertiary alicyclic amines) is 1. The molecule has 168 valence electrons. The summed E-state index contributed by atoms with van der Waals surface area (Å²) in [5, 5.41) is 11.7. The van der Waals surface area contributed by atoms with Crippen LogP contribution in [0.25, 0.3) is 5.76 Å². The molecule has 2 aliphatic heterocycles. The number of aliphatic hydroxyl groups excluding tert-OH is 1. The van der Waals surface area contributed by atoms with Gasteiger partial charge in [0.05, 0.1) is 35.4 Å². The second kappa shape index (κ2) is 8.96. The van der Waals surface area contributed by atoms with E-state index < -0.39 is 17.7 Å². The summed E-state index contributed by atoms with van der Waals surface area (Å²) in [6, 6.07) is 10.3. The molecule has 4 rings (SSSR count). The summed E-state index contributed by atoms with van der Waals surface area (Å²) in [5.41, 5.74) is 2.84. The molecule has 2 unspecified atom stereocenters. The minimum Gasteiger partial charge on any atom is -0.507 e. The first-order valence-electron chi connectivity index (χ1n) is 10.6. The van der Waals surface area contributed by atoms with Gasteiger partial charge in [0.25, 0.3) is 11.7 Å². The Morgan fingerprint density at radius 2 is 2.00 bits per heavy atom. The molecule has 2 saturated heterocycles. The maximum absolute atomic E-state index is 13.2. The largest absolute Gasteiger partial charge is 0.507 e. The minimum atomic E-state index is -0.733. The number of ketones is 1. The van der Waals surface area contributed by atoms with Crippen molar-refractivity contribution in [3.05, 3.63) is 69.2 Å². The predicted octanol–water partition coefficient (Wildman–Crippen LogP) is 4.57. The van der Waals surface area contributed by atoms with E-state index >= 15 is 0 Å². The maximum Gasteiger partial charge on any atom is 0.295 e. The number of carbonyl (C=O) groups is 2. The van der Waals surface area contributed by atoms with Crippen molar-refractivity contribution in [1.82, 2.24) is 4.90 Å². The molecular weight excluding hydrogens is 430 g/mol. The molecule has 0 spiro atoms. The van der Waals surface area contributed by atoms with Crippen LogP contribution in [0.5, 0.6) is 5.75 Å². The zero-order chi connectivity index (χ0) is 23.0. The Kier molecular flexibility index (Phi) is 6.26. The molecule has 0 bridgehead atoms. The minimum absolute atomic E-state index is 0.0264. The van der Waals surface area contributed by atoms with Crippen molar-refractivity contribution in [3.63, 3.8) is 0 Å². The first kappa shape index (κ1) is 22.4. The van der Waals surface area contributed by atoms with E-state index in [0.717, 1.165) is 29.5 Å². The summed E-state index contributed by atoms with van der Waals surface area (Å²) in [6.07, 6.45) is 1.61. The Hall–Kier alpha value is -2.83. The van der Waals surface area contributed by atoms with Gasteiger partial charge in [-0.2, -0.15) is 0 Å². The number of Topliss-reactive ketones (excluding diaryl/α,β-unsaturated/α-hetero) is 1. The number of halogens is 1. The SMILES string of the molecule is COc1c(Cl)cc(C)cc1/C(O)=C1\C(=O)C(=O)N(CC2CCCO2)C1c1cccc(C)c1. The summed E-state index contributed by atoms with van der Waals surface area (Å²) in [6.45, 7) is 4.70. The third-order valence-electron chi connectivity index (χ3n) is 5.97. The highest BCUT2D eigenvalue weighted by atomic mass is 35.5. The van der Waals surface area contributed by atoms with Crippen LogP contribution in [0.1, 0.15) is 41.1 Å². The zero-order valence-corrected chi connectivity index (χ0v) is 19.1. The third-order valence-corrected chi connectivity index (χ3v) is 6.25. The lowest BCUT2D eigenvalue weighted by molar-refractivity contribution is -0.140. The number of benzene rings is 2. The van der Waals surface area contributed by atoms with Gasteiger partial charge in [-0.3, -0.25) is 9.59 Å². The lowest BCUT2D eigenvalue weighted by Gasteiger charge is -2.27. The summed E-state index contributed by atoms with van der Waals surface area (Å²) in [4.78, 5) is 27.8. The lowest BCUT2D eigenvalue weighted by atomic mass is 9.93. The van der Waals surface area contributed by atoms with Crippen LogP contribution in [0.4, 0.5) is 0 Å². The fraction of sp³-hybridized carbons (Fsp3) is 0.360. The van der Waals surface area contributed by atoms with Gasteiger partial charge in [0, 0.05) is 13.2 Å². The molecule has 0 radical (unpaired) electrons. The number of hydrogen-bond acceptors (Lipinski definition) is 5. The summed E-state index contributed by atoms with van der Waals surface area (Å²) >= 11 is 6.33. The van der Waals surface area contributed by atoms with Gasteiger partial charge in [-0.25, -0.2) is 0 Å². The average Bonchev–Trinajstić information content (AvgIpc) is 3.35. The van der Waals surface area contributed by atoms with Crippen LogP contribution < -0.4 is 4.74 Å². The Bertz CT molecular complexity index is 1100. The van der Waals surface area contributed by atoms with E-state index in [-0.39, 0.29) is 35.3 Å². The Morgan fingerprint density at radius 3 is 2.66 bits per heavy atom. The molecule has 0 saturated carbocycles. The molecule has 32 heavy (non-hydrogen) atoms. The van der Waals surface area contributed by atoms with Gasteiger partial charge < -0.3 is 19.5 Å². The van der Waals surface area contributed by atoms with Crippen molar-refractivity contribution in [2.24, 2.45) is 0 Å².